The summed E-state index contributed by atoms with van der Waals surface area (Å²) in [5, 5.41) is -0.376. The molecule has 0 bridgehead atoms. The van der Waals surface area contributed by atoms with Gasteiger partial charge in [-0.05, 0) is 24.3 Å². The van der Waals surface area contributed by atoms with Crippen LogP contribution in [0.4, 0.5) is 18.9 Å². The predicted molar refractivity (Wildman–Crippen MR) is 66.5 cm³/mol. The summed E-state index contributed by atoms with van der Waals surface area (Å²) in [6.07, 6.45) is -2.41. The summed E-state index contributed by atoms with van der Waals surface area (Å²) in [5.74, 6) is -1.23. The van der Waals surface area contributed by atoms with Gasteiger partial charge in [0.25, 0.3) is 5.91 Å². The molecule has 4 nitrogen and oxygen atoms in total. The molecule has 0 saturated heterocycles. The lowest BCUT2D eigenvalue weighted by molar-refractivity contribution is -0.216. The third-order valence-corrected chi connectivity index (χ3v) is 2.38. The van der Waals surface area contributed by atoms with E-state index in [4.69, 9.17) is 0 Å². The van der Waals surface area contributed by atoms with Gasteiger partial charge in [-0.15, -0.1) is 13.2 Å². The van der Waals surface area contributed by atoms with Crippen molar-refractivity contribution in [1.29, 1.82) is 0 Å². The van der Waals surface area contributed by atoms with Crippen LogP contribution in [0.15, 0.2) is 54.9 Å². The van der Waals surface area contributed by atoms with Crippen LogP contribution in [-0.2, 0) is 0 Å². The molecule has 0 atom stereocenters. The number of alkyl halides is 3. The van der Waals surface area contributed by atoms with Gasteiger partial charge in [-0.1, -0.05) is 18.2 Å². The van der Waals surface area contributed by atoms with E-state index in [0.29, 0.717) is 0 Å². The molecule has 0 aliphatic heterocycles. The SMILES string of the molecule is O=C(c1cccnc1)N(Nc1ccccc1)C(F)(F)F. The number of pyridine rings is 1. The summed E-state index contributed by atoms with van der Waals surface area (Å²) in [6.45, 7) is 0. The number of carbonyl (C=O) groups excluding carboxylic acids is 1. The number of rotatable bonds is 3. The first-order valence-corrected chi connectivity index (χ1v) is 5.61. The Morgan fingerprint density at radius 2 is 1.80 bits per heavy atom. The number of amides is 1. The number of hydrazine groups is 1. The van der Waals surface area contributed by atoms with Gasteiger partial charge in [0.2, 0.25) is 0 Å². The number of halogens is 3. The molecule has 0 unspecified atom stereocenters. The Balaban J connectivity index is 2.27. The summed E-state index contributed by atoms with van der Waals surface area (Å²) < 4.78 is 38.9. The Morgan fingerprint density at radius 1 is 1.10 bits per heavy atom. The third kappa shape index (κ3) is 3.25. The van der Waals surface area contributed by atoms with Gasteiger partial charge in [0, 0.05) is 12.4 Å². The predicted octanol–water partition coefficient (Wildman–Crippen LogP) is 3.07. The molecule has 2 aromatic rings. The van der Waals surface area contributed by atoms with E-state index in [1.54, 1.807) is 18.2 Å². The van der Waals surface area contributed by atoms with Crippen molar-refractivity contribution in [1.82, 2.24) is 9.99 Å². The van der Waals surface area contributed by atoms with Crippen molar-refractivity contribution in [3.05, 3.63) is 60.4 Å². The van der Waals surface area contributed by atoms with E-state index in [0.717, 1.165) is 6.20 Å². The fraction of sp³-hybridized carbons (Fsp3) is 0.0769. The first-order chi connectivity index (χ1) is 9.48. The highest BCUT2D eigenvalue weighted by Crippen LogP contribution is 2.24. The first kappa shape index (κ1) is 13.9. The van der Waals surface area contributed by atoms with Gasteiger partial charge in [-0.3, -0.25) is 15.2 Å². The maximum atomic E-state index is 13.0. The monoisotopic (exact) mass is 281 g/mol. The minimum atomic E-state index is -4.86. The molecule has 1 N–H and O–H groups in total. The van der Waals surface area contributed by atoms with E-state index < -0.39 is 12.2 Å². The van der Waals surface area contributed by atoms with Crippen molar-refractivity contribution < 1.29 is 18.0 Å². The number of hydrogen-bond donors (Lipinski definition) is 1. The molecule has 0 aliphatic rings. The average Bonchev–Trinajstić information content (AvgIpc) is 2.45. The van der Waals surface area contributed by atoms with E-state index in [1.165, 1.54) is 30.5 Å². The van der Waals surface area contributed by atoms with Crippen molar-refractivity contribution in [2.24, 2.45) is 0 Å². The van der Waals surface area contributed by atoms with E-state index >= 15 is 0 Å². The number of carbonyl (C=O) groups is 1. The van der Waals surface area contributed by atoms with E-state index in [9.17, 15) is 18.0 Å². The number of nitrogens with zero attached hydrogens (tertiary/aromatic N) is 2. The second-order valence-corrected chi connectivity index (χ2v) is 3.83. The fourth-order valence-electron chi connectivity index (χ4n) is 1.49. The van der Waals surface area contributed by atoms with Crippen LogP contribution in [-0.4, -0.2) is 22.2 Å². The summed E-state index contributed by atoms with van der Waals surface area (Å²) in [7, 11) is 0. The minimum absolute atomic E-state index is 0.155. The maximum absolute atomic E-state index is 13.0. The third-order valence-electron chi connectivity index (χ3n) is 2.38. The van der Waals surface area contributed by atoms with Crippen molar-refractivity contribution in [2.75, 3.05) is 5.43 Å². The lowest BCUT2D eigenvalue weighted by Crippen LogP contribution is -2.46. The van der Waals surface area contributed by atoms with Gasteiger partial charge in [-0.2, -0.15) is 5.01 Å². The molecule has 0 spiro atoms. The largest absolute Gasteiger partial charge is 0.505 e. The molecule has 1 aromatic heterocycles. The molecule has 1 aromatic carbocycles. The van der Waals surface area contributed by atoms with Crippen LogP contribution >= 0.6 is 0 Å². The highest BCUT2D eigenvalue weighted by molar-refractivity contribution is 5.94. The first-order valence-electron chi connectivity index (χ1n) is 5.61. The zero-order valence-electron chi connectivity index (χ0n) is 10.1. The van der Waals surface area contributed by atoms with Crippen LogP contribution in [0.3, 0.4) is 0 Å². The molecular formula is C13H10F3N3O. The number of aromatic nitrogens is 1. The fourth-order valence-corrected chi connectivity index (χ4v) is 1.49. The van der Waals surface area contributed by atoms with Gasteiger partial charge in [0.1, 0.15) is 0 Å². The lowest BCUT2D eigenvalue weighted by Gasteiger charge is -2.26. The molecule has 0 radical (unpaired) electrons. The van der Waals surface area contributed by atoms with Crippen LogP contribution < -0.4 is 5.43 Å². The number of benzene rings is 1. The Labute approximate surface area is 112 Å². The molecule has 0 aliphatic carbocycles. The van der Waals surface area contributed by atoms with Crippen LogP contribution in [0.2, 0.25) is 0 Å². The van der Waals surface area contributed by atoms with Crippen molar-refractivity contribution >= 4 is 11.6 Å². The van der Waals surface area contributed by atoms with Gasteiger partial charge < -0.3 is 0 Å². The van der Waals surface area contributed by atoms with Gasteiger partial charge >= 0.3 is 6.30 Å². The summed E-state index contributed by atoms with van der Waals surface area (Å²) >= 11 is 0. The Morgan fingerprint density at radius 3 is 2.35 bits per heavy atom. The van der Waals surface area contributed by atoms with Crippen molar-refractivity contribution in [3.8, 4) is 0 Å². The molecule has 20 heavy (non-hydrogen) atoms. The molecule has 1 amide bonds. The van der Waals surface area contributed by atoms with Crippen molar-refractivity contribution in [2.45, 2.75) is 6.30 Å². The molecule has 2 rings (SSSR count). The quantitative estimate of drug-likeness (QED) is 0.694. The van der Waals surface area contributed by atoms with Gasteiger partial charge in [0.05, 0.1) is 11.3 Å². The highest BCUT2D eigenvalue weighted by atomic mass is 19.4. The van der Waals surface area contributed by atoms with Crippen LogP contribution in [0.1, 0.15) is 10.4 Å². The second kappa shape index (κ2) is 5.60. The van der Waals surface area contributed by atoms with Gasteiger partial charge in [-0.25, -0.2) is 0 Å². The van der Waals surface area contributed by atoms with E-state index in [1.807, 2.05) is 5.43 Å². The number of hydrogen-bond acceptors (Lipinski definition) is 3. The second-order valence-electron chi connectivity index (χ2n) is 3.83. The molecule has 1 heterocycles. The Hall–Kier alpha value is -2.57. The molecule has 0 fully saturated rings. The normalized spacial score (nSPS) is 10.9. The zero-order chi connectivity index (χ0) is 14.6. The Kier molecular flexibility index (Phi) is 3.88. The van der Waals surface area contributed by atoms with Crippen LogP contribution in [0, 0.1) is 0 Å². The number of para-hydroxylation sites is 1. The highest BCUT2D eigenvalue weighted by Gasteiger charge is 2.42. The number of nitrogens with one attached hydrogen (secondary N) is 1. The van der Waals surface area contributed by atoms with Crippen LogP contribution in [0.25, 0.3) is 0 Å². The summed E-state index contributed by atoms with van der Waals surface area (Å²) in [4.78, 5) is 15.5. The van der Waals surface area contributed by atoms with Gasteiger partial charge in [0.15, 0.2) is 0 Å². The summed E-state index contributed by atoms with van der Waals surface area (Å²) in [6, 6.07) is 10.3. The van der Waals surface area contributed by atoms with Crippen LogP contribution in [0.5, 0.6) is 0 Å². The minimum Gasteiger partial charge on any atom is -0.288 e. The molecule has 104 valence electrons. The smallest absolute Gasteiger partial charge is 0.288 e. The maximum Gasteiger partial charge on any atom is 0.505 e. The molecule has 7 heteroatoms. The van der Waals surface area contributed by atoms with E-state index in [-0.39, 0.29) is 16.3 Å². The van der Waals surface area contributed by atoms with Crippen molar-refractivity contribution in [3.63, 3.8) is 0 Å². The standard InChI is InChI=1S/C13H10F3N3O/c14-13(15,16)19(18-11-6-2-1-3-7-11)12(20)10-5-4-8-17-9-10/h1-9,18H. The molecule has 0 saturated carbocycles. The topological polar surface area (TPSA) is 45.2 Å². The lowest BCUT2D eigenvalue weighted by atomic mass is 10.2. The number of anilines is 1. The summed E-state index contributed by atoms with van der Waals surface area (Å²) in [5.41, 5.74) is 2.04. The average molecular weight is 281 g/mol. The Bertz CT molecular complexity index is 572. The van der Waals surface area contributed by atoms with E-state index in [2.05, 4.69) is 4.98 Å². The zero-order valence-corrected chi connectivity index (χ0v) is 10.1. The molecular weight excluding hydrogens is 271 g/mol.